The van der Waals surface area contributed by atoms with Gasteiger partial charge in [-0.1, -0.05) is 38.8 Å². The molecule has 1 heterocycles. The highest BCUT2D eigenvalue weighted by atomic mass is 35.5. The average Bonchev–Trinajstić information content (AvgIpc) is 2.90. The first kappa shape index (κ1) is 15.3. The third-order valence-electron chi connectivity index (χ3n) is 4.53. The first-order chi connectivity index (χ1) is 9.03. The van der Waals surface area contributed by atoms with E-state index in [1.54, 1.807) is 11.3 Å². The van der Waals surface area contributed by atoms with Crippen LogP contribution in [0.15, 0.2) is 12.1 Å². The van der Waals surface area contributed by atoms with Gasteiger partial charge in [-0.2, -0.15) is 0 Å². The molecule has 0 spiro atoms. The second-order valence-corrected chi connectivity index (χ2v) is 8.26. The SMILES string of the molecule is CCCNC(Cc1ccc(Cl)s1)C1CCCC1(C)C. The summed E-state index contributed by atoms with van der Waals surface area (Å²) in [6, 6.07) is 4.82. The Bertz CT molecular complexity index is 399. The van der Waals surface area contributed by atoms with Crippen molar-refractivity contribution in [3.8, 4) is 0 Å². The minimum absolute atomic E-state index is 0.479. The summed E-state index contributed by atoms with van der Waals surface area (Å²) in [4.78, 5) is 1.42. The van der Waals surface area contributed by atoms with Crippen LogP contribution in [0.2, 0.25) is 4.34 Å². The van der Waals surface area contributed by atoms with Gasteiger partial charge in [0.2, 0.25) is 0 Å². The molecule has 0 radical (unpaired) electrons. The molecule has 1 nitrogen and oxygen atoms in total. The highest BCUT2D eigenvalue weighted by Gasteiger charge is 2.39. The maximum atomic E-state index is 6.06. The second kappa shape index (κ2) is 6.60. The zero-order valence-electron chi connectivity index (χ0n) is 12.3. The van der Waals surface area contributed by atoms with Gasteiger partial charge < -0.3 is 5.32 Å². The van der Waals surface area contributed by atoms with E-state index in [-0.39, 0.29) is 0 Å². The van der Waals surface area contributed by atoms with Gasteiger partial charge in [-0.25, -0.2) is 0 Å². The predicted molar refractivity (Wildman–Crippen MR) is 86.2 cm³/mol. The van der Waals surface area contributed by atoms with Gasteiger partial charge >= 0.3 is 0 Å². The highest BCUT2D eigenvalue weighted by molar-refractivity contribution is 7.16. The minimum atomic E-state index is 0.479. The summed E-state index contributed by atoms with van der Waals surface area (Å²) in [5, 5.41) is 3.79. The molecule has 1 aromatic rings. The smallest absolute Gasteiger partial charge is 0.0931 e. The summed E-state index contributed by atoms with van der Waals surface area (Å²) < 4.78 is 0.912. The molecule has 1 aliphatic rings. The summed E-state index contributed by atoms with van der Waals surface area (Å²) >= 11 is 7.80. The Labute approximate surface area is 126 Å². The van der Waals surface area contributed by atoms with Gasteiger partial charge in [0.05, 0.1) is 4.34 Å². The molecule has 19 heavy (non-hydrogen) atoms. The van der Waals surface area contributed by atoms with Gasteiger partial charge in [0, 0.05) is 10.9 Å². The van der Waals surface area contributed by atoms with Crippen LogP contribution >= 0.6 is 22.9 Å². The maximum Gasteiger partial charge on any atom is 0.0931 e. The van der Waals surface area contributed by atoms with E-state index in [1.165, 1.54) is 30.6 Å². The Morgan fingerprint density at radius 3 is 2.79 bits per heavy atom. The molecular weight excluding hydrogens is 274 g/mol. The van der Waals surface area contributed by atoms with Gasteiger partial charge in [-0.3, -0.25) is 0 Å². The Morgan fingerprint density at radius 1 is 1.47 bits per heavy atom. The maximum absolute atomic E-state index is 6.06. The van der Waals surface area contributed by atoms with Crippen molar-refractivity contribution in [3.05, 3.63) is 21.3 Å². The molecule has 3 heteroatoms. The molecule has 1 aromatic heterocycles. The van der Waals surface area contributed by atoms with E-state index in [9.17, 15) is 0 Å². The number of hydrogen-bond acceptors (Lipinski definition) is 2. The lowest BCUT2D eigenvalue weighted by molar-refractivity contribution is 0.196. The van der Waals surface area contributed by atoms with Crippen LogP contribution in [0, 0.1) is 11.3 Å². The topological polar surface area (TPSA) is 12.0 Å². The molecule has 2 rings (SSSR count). The van der Waals surface area contributed by atoms with E-state index in [0.717, 1.165) is 23.2 Å². The standard InChI is InChI=1S/C16H26ClNS/c1-4-10-18-14(11-12-7-8-15(17)19-12)13-6-5-9-16(13,2)3/h7-8,13-14,18H,4-6,9-11H2,1-3H3. The van der Waals surface area contributed by atoms with Crippen LogP contribution in [-0.2, 0) is 6.42 Å². The van der Waals surface area contributed by atoms with Crippen molar-refractivity contribution in [2.24, 2.45) is 11.3 Å². The summed E-state index contributed by atoms with van der Waals surface area (Å²) in [5.74, 6) is 0.792. The lowest BCUT2D eigenvalue weighted by Gasteiger charge is -2.35. The van der Waals surface area contributed by atoms with Crippen LogP contribution in [0.1, 0.15) is 51.3 Å². The summed E-state index contributed by atoms with van der Waals surface area (Å²) in [6.45, 7) is 8.24. The van der Waals surface area contributed by atoms with Crippen LogP contribution in [0.3, 0.4) is 0 Å². The normalized spacial score (nSPS) is 23.7. The van der Waals surface area contributed by atoms with E-state index in [1.807, 2.05) is 6.07 Å². The van der Waals surface area contributed by atoms with Crippen molar-refractivity contribution >= 4 is 22.9 Å². The Hall–Kier alpha value is -0.0500. The molecule has 0 aromatic carbocycles. The first-order valence-corrected chi connectivity index (χ1v) is 8.70. The van der Waals surface area contributed by atoms with Crippen molar-refractivity contribution in [2.75, 3.05) is 6.54 Å². The molecular formula is C16H26ClNS. The molecule has 0 saturated heterocycles. The molecule has 0 bridgehead atoms. The summed E-state index contributed by atoms with van der Waals surface area (Å²) in [6.07, 6.45) is 6.45. The fourth-order valence-corrected chi connectivity index (χ4v) is 4.61. The fraction of sp³-hybridized carbons (Fsp3) is 0.750. The molecule has 0 aliphatic heterocycles. The molecule has 1 fully saturated rings. The molecule has 1 saturated carbocycles. The largest absolute Gasteiger partial charge is 0.313 e. The lowest BCUT2D eigenvalue weighted by atomic mass is 9.76. The molecule has 2 unspecified atom stereocenters. The van der Waals surface area contributed by atoms with Crippen molar-refractivity contribution in [2.45, 2.75) is 58.9 Å². The van der Waals surface area contributed by atoms with Crippen LogP contribution in [0.5, 0.6) is 0 Å². The monoisotopic (exact) mass is 299 g/mol. The Kier molecular flexibility index (Phi) is 5.33. The lowest BCUT2D eigenvalue weighted by Crippen LogP contribution is -2.42. The molecule has 0 amide bonds. The van der Waals surface area contributed by atoms with Crippen LogP contribution in [0.25, 0.3) is 0 Å². The van der Waals surface area contributed by atoms with Crippen LogP contribution in [0.4, 0.5) is 0 Å². The van der Waals surface area contributed by atoms with Gasteiger partial charge in [0.1, 0.15) is 0 Å². The predicted octanol–water partition coefficient (Wildman–Crippen LogP) is 5.14. The Balaban J connectivity index is 2.07. The van der Waals surface area contributed by atoms with E-state index in [0.29, 0.717) is 11.5 Å². The zero-order chi connectivity index (χ0) is 13.9. The fourth-order valence-electron chi connectivity index (χ4n) is 3.46. The Morgan fingerprint density at radius 2 is 2.26 bits per heavy atom. The summed E-state index contributed by atoms with van der Waals surface area (Å²) in [7, 11) is 0. The highest BCUT2D eigenvalue weighted by Crippen LogP contribution is 2.45. The van der Waals surface area contributed by atoms with Crippen molar-refractivity contribution in [1.82, 2.24) is 5.32 Å². The number of halogens is 1. The minimum Gasteiger partial charge on any atom is -0.313 e. The second-order valence-electron chi connectivity index (χ2n) is 6.46. The van der Waals surface area contributed by atoms with Gasteiger partial charge in [-0.15, -0.1) is 11.3 Å². The first-order valence-electron chi connectivity index (χ1n) is 7.50. The van der Waals surface area contributed by atoms with Gasteiger partial charge in [0.25, 0.3) is 0 Å². The van der Waals surface area contributed by atoms with E-state index >= 15 is 0 Å². The van der Waals surface area contributed by atoms with Crippen molar-refractivity contribution in [3.63, 3.8) is 0 Å². The molecule has 1 aliphatic carbocycles. The average molecular weight is 300 g/mol. The number of hydrogen-bond donors (Lipinski definition) is 1. The number of nitrogens with one attached hydrogen (secondary N) is 1. The van der Waals surface area contributed by atoms with Crippen LogP contribution < -0.4 is 5.32 Å². The van der Waals surface area contributed by atoms with E-state index in [4.69, 9.17) is 11.6 Å². The van der Waals surface area contributed by atoms with Crippen molar-refractivity contribution in [1.29, 1.82) is 0 Å². The van der Waals surface area contributed by atoms with Crippen LogP contribution in [-0.4, -0.2) is 12.6 Å². The molecule has 1 N–H and O–H groups in total. The van der Waals surface area contributed by atoms with E-state index < -0.39 is 0 Å². The van der Waals surface area contributed by atoms with Gasteiger partial charge in [-0.05, 0) is 55.7 Å². The van der Waals surface area contributed by atoms with Gasteiger partial charge in [0.15, 0.2) is 0 Å². The van der Waals surface area contributed by atoms with Crippen molar-refractivity contribution < 1.29 is 0 Å². The zero-order valence-corrected chi connectivity index (χ0v) is 13.9. The quantitative estimate of drug-likeness (QED) is 0.767. The number of thiophene rings is 1. The molecule has 108 valence electrons. The third-order valence-corrected chi connectivity index (χ3v) is 5.79. The van der Waals surface area contributed by atoms with E-state index in [2.05, 4.69) is 32.2 Å². The summed E-state index contributed by atoms with van der Waals surface area (Å²) in [5.41, 5.74) is 0.479. The molecule has 2 atom stereocenters. The third kappa shape index (κ3) is 3.96. The number of rotatable bonds is 6.